The molecule has 0 bridgehead atoms. The van der Waals surface area contributed by atoms with Crippen molar-refractivity contribution in [1.29, 1.82) is 0 Å². The molecule has 262 valence electrons. The van der Waals surface area contributed by atoms with Gasteiger partial charge in [0.25, 0.3) is 0 Å². The van der Waals surface area contributed by atoms with Crippen LogP contribution in [0.25, 0.3) is 22.5 Å². The molecule has 0 aliphatic carbocycles. The zero-order valence-corrected chi connectivity index (χ0v) is 29.5. The fourth-order valence-electron chi connectivity index (χ4n) is 6.39. The summed E-state index contributed by atoms with van der Waals surface area (Å²) < 4.78 is 21.3. The number of halogens is 3. The maximum atomic E-state index is 15.7. The topological polar surface area (TPSA) is 121 Å². The molecule has 4 heterocycles. The molecule has 2 aliphatic heterocycles. The van der Waals surface area contributed by atoms with Crippen molar-refractivity contribution in [2.75, 3.05) is 32.1 Å². The summed E-state index contributed by atoms with van der Waals surface area (Å²) in [5.74, 6) is 0.260. The summed E-state index contributed by atoms with van der Waals surface area (Å²) in [6, 6.07) is 16.6. The molecule has 2 saturated heterocycles. The van der Waals surface area contributed by atoms with Gasteiger partial charge in [-0.2, -0.15) is 0 Å². The average molecular weight is 721 g/mol. The number of benzene rings is 2. The number of rotatable bonds is 12. The quantitative estimate of drug-likeness (QED) is 0.131. The smallest absolute Gasteiger partial charge is 0.220 e. The summed E-state index contributed by atoms with van der Waals surface area (Å²) in [7, 11) is 1.57. The van der Waals surface area contributed by atoms with Crippen molar-refractivity contribution >= 4 is 46.4 Å². The number of methoxy groups -OCH3 is 1. The van der Waals surface area contributed by atoms with Crippen LogP contribution < -0.4 is 26.0 Å². The number of ether oxygens (including phenoxy) is 1. The highest BCUT2D eigenvalue weighted by Gasteiger charge is 2.23. The Kier molecular flexibility index (Phi) is 11.5. The van der Waals surface area contributed by atoms with Gasteiger partial charge in [-0.25, -0.2) is 9.37 Å². The number of carbonyl (C=O) groups is 2. The molecule has 2 aliphatic rings. The standard InChI is InChI=1S/C37H40Cl2FN7O3/c1-22(48)47-17-14-25(15-18-47)43-20-23-5-3-8-31(35(23)40)45-30-7-4-6-28(33(30)38)36-34(39)27(13-16-42-36)29-11-9-24(37(46-29)50-2)19-41-21-26-10-12-32(49)44-26/h3-9,11,13,16,25-26,41,43,45H,10,12,14-15,17-21H2,1-2H3,(H,44,49). The molecule has 2 aromatic heterocycles. The van der Waals surface area contributed by atoms with Gasteiger partial charge in [0.2, 0.25) is 17.7 Å². The molecule has 13 heteroatoms. The predicted molar refractivity (Wildman–Crippen MR) is 194 cm³/mol. The number of piperidine rings is 1. The third-order valence-corrected chi connectivity index (χ3v) is 10.0. The van der Waals surface area contributed by atoms with Crippen LogP contribution in [-0.4, -0.2) is 65.5 Å². The number of pyridine rings is 2. The molecule has 1 unspecified atom stereocenters. The summed E-state index contributed by atoms with van der Waals surface area (Å²) >= 11 is 13.9. The Morgan fingerprint density at radius 3 is 2.50 bits per heavy atom. The van der Waals surface area contributed by atoms with Crippen molar-refractivity contribution in [1.82, 2.24) is 30.8 Å². The zero-order chi connectivity index (χ0) is 35.2. The van der Waals surface area contributed by atoms with E-state index in [1.54, 1.807) is 50.6 Å². The van der Waals surface area contributed by atoms with Gasteiger partial charge in [-0.15, -0.1) is 0 Å². The Hall–Kier alpha value is -4.29. The first-order chi connectivity index (χ1) is 24.2. The van der Waals surface area contributed by atoms with E-state index >= 15 is 4.39 Å². The largest absolute Gasteiger partial charge is 0.481 e. The van der Waals surface area contributed by atoms with Crippen LogP contribution in [0.15, 0.2) is 60.8 Å². The lowest BCUT2D eigenvalue weighted by molar-refractivity contribution is -0.130. The molecule has 2 amide bonds. The lowest BCUT2D eigenvalue weighted by Gasteiger charge is -2.31. The average Bonchev–Trinajstić information content (AvgIpc) is 3.54. The normalized spacial score (nSPS) is 16.4. The van der Waals surface area contributed by atoms with E-state index in [0.29, 0.717) is 94.5 Å². The number of carbonyl (C=O) groups excluding carboxylic acids is 2. The number of nitrogens with zero attached hydrogens (tertiary/aromatic N) is 3. The Bertz CT molecular complexity index is 1870. The molecule has 2 aromatic carbocycles. The number of nitrogens with one attached hydrogen (secondary N) is 4. The van der Waals surface area contributed by atoms with E-state index in [4.69, 9.17) is 32.9 Å². The highest BCUT2D eigenvalue weighted by atomic mass is 35.5. The van der Waals surface area contributed by atoms with Crippen LogP contribution in [0.3, 0.4) is 0 Å². The van der Waals surface area contributed by atoms with E-state index in [9.17, 15) is 9.59 Å². The molecular weight excluding hydrogens is 680 g/mol. The van der Waals surface area contributed by atoms with Crippen molar-refractivity contribution in [2.24, 2.45) is 0 Å². The van der Waals surface area contributed by atoms with Gasteiger partial charge in [0.15, 0.2) is 5.82 Å². The summed E-state index contributed by atoms with van der Waals surface area (Å²) in [6.07, 6.45) is 4.68. The number of anilines is 2. The fraction of sp³-hybridized carbons (Fsp3) is 0.351. The van der Waals surface area contributed by atoms with Gasteiger partial charge in [-0.1, -0.05) is 53.5 Å². The van der Waals surface area contributed by atoms with E-state index in [-0.39, 0.29) is 29.7 Å². The first kappa shape index (κ1) is 35.5. The second kappa shape index (κ2) is 16.2. The Labute approximate surface area is 301 Å². The maximum Gasteiger partial charge on any atom is 0.220 e. The van der Waals surface area contributed by atoms with Gasteiger partial charge in [-0.3, -0.25) is 14.6 Å². The number of hydrogen-bond donors (Lipinski definition) is 4. The predicted octanol–water partition coefficient (Wildman–Crippen LogP) is 6.48. The van der Waals surface area contributed by atoms with Crippen molar-refractivity contribution in [2.45, 2.75) is 57.8 Å². The van der Waals surface area contributed by atoms with E-state index in [0.717, 1.165) is 24.8 Å². The second-order valence-corrected chi connectivity index (χ2v) is 13.3. The molecule has 0 radical (unpaired) electrons. The van der Waals surface area contributed by atoms with Gasteiger partial charge in [0, 0.05) is 86.6 Å². The minimum atomic E-state index is -0.371. The Balaban J connectivity index is 1.16. The molecule has 0 spiro atoms. The van der Waals surface area contributed by atoms with Crippen LogP contribution in [0.2, 0.25) is 10.0 Å². The van der Waals surface area contributed by atoms with Gasteiger partial charge in [0.05, 0.1) is 39.9 Å². The van der Waals surface area contributed by atoms with Crippen LogP contribution in [0.1, 0.15) is 43.7 Å². The summed E-state index contributed by atoms with van der Waals surface area (Å²) in [5, 5.41) is 13.6. The second-order valence-electron chi connectivity index (χ2n) is 12.6. The zero-order valence-electron chi connectivity index (χ0n) is 28.0. The Morgan fingerprint density at radius 1 is 0.980 bits per heavy atom. The number of likely N-dealkylation sites (tertiary alicyclic amines) is 1. The molecule has 6 rings (SSSR count). The molecule has 2 fully saturated rings. The van der Waals surface area contributed by atoms with Gasteiger partial charge in [0.1, 0.15) is 0 Å². The number of aromatic nitrogens is 2. The molecule has 10 nitrogen and oxygen atoms in total. The molecular formula is C37H40Cl2FN7O3. The monoisotopic (exact) mass is 719 g/mol. The van der Waals surface area contributed by atoms with E-state index in [2.05, 4.69) is 26.3 Å². The molecule has 1 atom stereocenters. The van der Waals surface area contributed by atoms with Crippen LogP contribution in [0.4, 0.5) is 15.8 Å². The minimum Gasteiger partial charge on any atom is -0.481 e. The summed E-state index contributed by atoms with van der Waals surface area (Å²) in [6.45, 7) is 4.53. The number of amides is 2. The first-order valence-electron chi connectivity index (χ1n) is 16.7. The van der Waals surface area contributed by atoms with Crippen LogP contribution in [0.5, 0.6) is 5.88 Å². The van der Waals surface area contributed by atoms with Crippen LogP contribution >= 0.6 is 23.2 Å². The minimum absolute atomic E-state index is 0.0846. The van der Waals surface area contributed by atoms with Crippen LogP contribution in [-0.2, 0) is 22.7 Å². The van der Waals surface area contributed by atoms with Crippen molar-refractivity contribution in [3.63, 3.8) is 0 Å². The van der Waals surface area contributed by atoms with Gasteiger partial charge in [-0.05, 0) is 43.5 Å². The maximum absolute atomic E-state index is 15.7. The van der Waals surface area contributed by atoms with Crippen molar-refractivity contribution in [3.05, 3.63) is 87.8 Å². The van der Waals surface area contributed by atoms with E-state index in [1.165, 1.54) is 0 Å². The molecule has 50 heavy (non-hydrogen) atoms. The molecule has 0 saturated carbocycles. The third-order valence-electron chi connectivity index (χ3n) is 9.21. The lowest BCUT2D eigenvalue weighted by atomic mass is 10.0. The lowest BCUT2D eigenvalue weighted by Crippen LogP contribution is -2.44. The summed E-state index contributed by atoms with van der Waals surface area (Å²) in [4.78, 5) is 34.3. The molecule has 4 aromatic rings. The van der Waals surface area contributed by atoms with E-state index in [1.807, 2.05) is 29.2 Å². The van der Waals surface area contributed by atoms with Crippen LogP contribution in [0, 0.1) is 5.82 Å². The Morgan fingerprint density at radius 2 is 1.76 bits per heavy atom. The fourth-order valence-corrected chi connectivity index (χ4v) is 6.97. The first-order valence-corrected chi connectivity index (χ1v) is 17.5. The molecule has 4 N–H and O–H groups in total. The highest BCUT2D eigenvalue weighted by molar-refractivity contribution is 6.39. The third kappa shape index (κ3) is 8.18. The SMILES string of the molecule is COc1nc(-c2ccnc(-c3cccc(Nc4cccc(CNC5CCN(C(C)=O)CC5)c4F)c3Cl)c2Cl)ccc1CNCC1CCC(=O)N1. The van der Waals surface area contributed by atoms with Crippen molar-refractivity contribution in [3.8, 4) is 28.4 Å². The van der Waals surface area contributed by atoms with Gasteiger partial charge >= 0.3 is 0 Å². The highest BCUT2D eigenvalue weighted by Crippen LogP contribution is 2.41. The van der Waals surface area contributed by atoms with Gasteiger partial charge < -0.3 is 30.9 Å². The van der Waals surface area contributed by atoms with E-state index < -0.39 is 0 Å². The summed E-state index contributed by atoms with van der Waals surface area (Å²) in [5.41, 5.74) is 4.47. The van der Waals surface area contributed by atoms with Crippen molar-refractivity contribution < 1.29 is 18.7 Å². The number of hydrogen-bond acceptors (Lipinski definition) is 8.